The number of hydrogen-bond donors (Lipinski definition) is 1. The summed E-state index contributed by atoms with van der Waals surface area (Å²) in [5.74, 6) is 0.181. The first-order valence-corrected chi connectivity index (χ1v) is 2.57. The molecule has 0 saturated heterocycles. The molecule has 10 heavy (non-hydrogen) atoms. The van der Waals surface area contributed by atoms with E-state index in [4.69, 9.17) is 5.11 Å². The molecule has 0 heterocycles. The van der Waals surface area contributed by atoms with Crippen LogP contribution in [0.1, 0.15) is 10.4 Å². The van der Waals surface area contributed by atoms with Gasteiger partial charge < -0.3 is 5.11 Å². The van der Waals surface area contributed by atoms with Crippen molar-refractivity contribution in [1.29, 1.82) is 0 Å². The topological polar surface area (TPSA) is 37.3 Å². The van der Waals surface area contributed by atoms with Gasteiger partial charge in [-0.1, -0.05) is 0 Å². The lowest BCUT2D eigenvalue weighted by Gasteiger charge is -1.88. The summed E-state index contributed by atoms with van der Waals surface area (Å²) in [6, 6.07) is 6.07. The molecule has 3 heteroatoms. The lowest BCUT2D eigenvalue weighted by atomic mass is 10.2. The standard InChI is InChI=1S/C7H6O2.H4Si/c8-5-6-1-3-7(9)4-2-6;/h1-5,9H;1H4. The minimum Gasteiger partial charge on any atom is -0.508 e. The predicted octanol–water partition coefficient (Wildman–Crippen LogP) is -0.247. The number of phenols is 1. The van der Waals surface area contributed by atoms with Crippen molar-refractivity contribution in [2.24, 2.45) is 0 Å². The average Bonchev–Trinajstić information content (AvgIpc) is 1.90. The molecule has 0 aliphatic heterocycles. The van der Waals surface area contributed by atoms with Crippen LogP contribution in [0, 0.1) is 0 Å². The minimum atomic E-state index is 0. The predicted molar refractivity (Wildman–Crippen MR) is 44.8 cm³/mol. The van der Waals surface area contributed by atoms with Gasteiger partial charge in [0.2, 0.25) is 0 Å². The van der Waals surface area contributed by atoms with E-state index >= 15 is 0 Å². The molecule has 0 saturated carbocycles. The number of carbonyl (C=O) groups excluding carboxylic acids is 1. The zero-order valence-electron chi connectivity index (χ0n) is 4.74. The van der Waals surface area contributed by atoms with Crippen LogP contribution in [0.15, 0.2) is 24.3 Å². The van der Waals surface area contributed by atoms with Crippen LogP contribution in [-0.4, -0.2) is 22.4 Å². The highest BCUT2D eigenvalue weighted by molar-refractivity contribution is 5.75. The molecule has 0 aliphatic carbocycles. The van der Waals surface area contributed by atoms with Gasteiger partial charge in [-0.25, -0.2) is 0 Å². The summed E-state index contributed by atoms with van der Waals surface area (Å²) in [7, 11) is 0. The Labute approximate surface area is 63.5 Å². The van der Waals surface area contributed by atoms with Gasteiger partial charge in [-0.2, -0.15) is 0 Å². The van der Waals surface area contributed by atoms with Gasteiger partial charge in [0.1, 0.15) is 12.0 Å². The van der Waals surface area contributed by atoms with Crippen molar-refractivity contribution < 1.29 is 9.90 Å². The maximum absolute atomic E-state index is 10.0. The molecular weight excluding hydrogens is 144 g/mol. The van der Waals surface area contributed by atoms with Crippen LogP contribution in [0.3, 0.4) is 0 Å². The Balaban J connectivity index is 0.000000810. The Morgan fingerprint density at radius 1 is 1.20 bits per heavy atom. The Morgan fingerprint density at radius 3 is 2.10 bits per heavy atom. The molecule has 0 spiro atoms. The average molecular weight is 154 g/mol. The normalized spacial score (nSPS) is 8.00. The minimum absolute atomic E-state index is 0. The van der Waals surface area contributed by atoms with Gasteiger partial charge in [0.25, 0.3) is 0 Å². The molecule has 54 valence electrons. The molecule has 0 fully saturated rings. The molecule has 0 atom stereocenters. The zero-order chi connectivity index (χ0) is 6.69. The molecule has 0 radical (unpaired) electrons. The van der Waals surface area contributed by atoms with Crippen molar-refractivity contribution in [3.63, 3.8) is 0 Å². The van der Waals surface area contributed by atoms with Crippen LogP contribution in [0.5, 0.6) is 5.75 Å². The zero-order valence-corrected chi connectivity index (χ0v) is 4.74. The molecule has 0 amide bonds. The van der Waals surface area contributed by atoms with Gasteiger partial charge >= 0.3 is 0 Å². The van der Waals surface area contributed by atoms with Crippen molar-refractivity contribution in [2.75, 3.05) is 0 Å². The number of aromatic hydroxyl groups is 1. The maximum atomic E-state index is 10.0. The first kappa shape index (κ1) is 8.91. The maximum Gasteiger partial charge on any atom is 0.150 e. The second kappa shape index (κ2) is 3.84. The van der Waals surface area contributed by atoms with E-state index in [0.717, 1.165) is 6.29 Å². The van der Waals surface area contributed by atoms with Crippen LogP contribution in [0.2, 0.25) is 0 Å². The molecule has 0 aliphatic rings. The van der Waals surface area contributed by atoms with Crippen LogP contribution in [0.4, 0.5) is 0 Å². The van der Waals surface area contributed by atoms with Gasteiger partial charge in [0.05, 0.1) is 0 Å². The molecule has 0 bridgehead atoms. The second-order valence-electron chi connectivity index (χ2n) is 1.71. The summed E-state index contributed by atoms with van der Waals surface area (Å²) in [5, 5.41) is 8.74. The largest absolute Gasteiger partial charge is 0.508 e. The van der Waals surface area contributed by atoms with Gasteiger partial charge in [-0.15, -0.1) is 0 Å². The molecule has 1 aromatic carbocycles. The first-order chi connectivity index (χ1) is 4.33. The Hall–Kier alpha value is -1.09. The third-order valence-electron chi connectivity index (χ3n) is 1.03. The summed E-state index contributed by atoms with van der Waals surface area (Å²) in [4.78, 5) is 10.0. The SMILES string of the molecule is O=Cc1ccc(O)cc1.[SiH4]. The first-order valence-electron chi connectivity index (χ1n) is 2.57. The van der Waals surface area contributed by atoms with E-state index in [1.165, 1.54) is 12.1 Å². The quantitative estimate of drug-likeness (QED) is 0.447. The van der Waals surface area contributed by atoms with Crippen LogP contribution in [0.25, 0.3) is 0 Å². The Kier molecular flexibility index (Phi) is 3.42. The summed E-state index contributed by atoms with van der Waals surface area (Å²) >= 11 is 0. The highest BCUT2D eigenvalue weighted by atomic mass is 28.1. The van der Waals surface area contributed by atoms with Gasteiger partial charge in [-0.3, -0.25) is 4.79 Å². The summed E-state index contributed by atoms with van der Waals surface area (Å²) in [6.07, 6.45) is 0.736. The van der Waals surface area contributed by atoms with Crippen molar-refractivity contribution in [3.05, 3.63) is 29.8 Å². The highest BCUT2D eigenvalue weighted by Crippen LogP contribution is 2.07. The van der Waals surface area contributed by atoms with Crippen LogP contribution in [-0.2, 0) is 0 Å². The van der Waals surface area contributed by atoms with E-state index in [0.29, 0.717) is 5.56 Å². The number of rotatable bonds is 1. The number of aldehydes is 1. The van der Waals surface area contributed by atoms with E-state index < -0.39 is 0 Å². The molecule has 2 nitrogen and oxygen atoms in total. The monoisotopic (exact) mass is 154 g/mol. The fourth-order valence-electron chi connectivity index (χ4n) is 0.553. The summed E-state index contributed by atoms with van der Waals surface area (Å²) < 4.78 is 0. The number of hydrogen-bond acceptors (Lipinski definition) is 2. The van der Waals surface area contributed by atoms with Crippen molar-refractivity contribution in [1.82, 2.24) is 0 Å². The van der Waals surface area contributed by atoms with Crippen LogP contribution >= 0.6 is 0 Å². The van der Waals surface area contributed by atoms with Gasteiger partial charge in [0.15, 0.2) is 0 Å². The van der Waals surface area contributed by atoms with Gasteiger partial charge in [-0.05, 0) is 35.2 Å². The van der Waals surface area contributed by atoms with Crippen molar-refractivity contribution >= 4 is 17.3 Å². The summed E-state index contributed by atoms with van der Waals surface area (Å²) in [6.45, 7) is 0. The molecule has 1 rings (SSSR count). The molecular formula is C7H10O2Si. The van der Waals surface area contributed by atoms with Crippen LogP contribution < -0.4 is 0 Å². The second-order valence-corrected chi connectivity index (χ2v) is 1.71. The summed E-state index contributed by atoms with van der Waals surface area (Å²) in [5.41, 5.74) is 0.577. The number of carbonyl (C=O) groups is 1. The molecule has 1 aromatic rings. The lowest BCUT2D eigenvalue weighted by molar-refractivity contribution is 0.112. The molecule has 0 aromatic heterocycles. The van der Waals surface area contributed by atoms with Crippen molar-refractivity contribution in [3.8, 4) is 5.75 Å². The van der Waals surface area contributed by atoms with E-state index in [-0.39, 0.29) is 16.7 Å². The third kappa shape index (κ3) is 2.03. The third-order valence-corrected chi connectivity index (χ3v) is 1.03. The molecule has 0 unspecified atom stereocenters. The lowest BCUT2D eigenvalue weighted by Crippen LogP contribution is -1.74. The fraction of sp³-hybridized carbons (Fsp3) is 0. The smallest absolute Gasteiger partial charge is 0.150 e. The Bertz CT molecular complexity index is 205. The number of phenolic OH excluding ortho intramolecular Hbond substituents is 1. The molecule has 1 N–H and O–H groups in total. The van der Waals surface area contributed by atoms with E-state index in [1.54, 1.807) is 12.1 Å². The van der Waals surface area contributed by atoms with Gasteiger partial charge in [0, 0.05) is 5.56 Å². The van der Waals surface area contributed by atoms with Crippen molar-refractivity contribution in [2.45, 2.75) is 0 Å². The van der Waals surface area contributed by atoms with E-state index in [1.807, 2.05) is 0 Å². The fourth-order valence-corrected chi connectivity index (χ4v) is 0.553. The van der Waals surface area contributed by atoms with E-state index in [2.05, 4.69) is 0 Å². The number of benzene rings is 1. The highest BCUT2D eigenvalue weighted by Gasteiger charge is 1.86. The van der Waals surface area contributed by atoms with E-state index in [9.17, 15) is 4.79 Å². The Morgan fingerprint density at radius 2 is 1.70 bits per heavy atom.